The summed E-state index contributed by atoms with van der Waals surface area (Å²) in [5.74, 6) is 0. The van der Waals surface area contributed by atoms with Gasteiger partial charge in [0.15, 0.2) is 0 Å². The van der Waals surface area contributed by atoms with Crippen LogP contribution < -0.4 is 5.43 Å². The van der Waals surface area contributed by atoms with E-state index in [2.05, 4.69) is 72.4 Å². The van der Waals surface area contributed by atoms with Gasteiger partial charge in [-0.2, -0.15) is 12.1 Å². The van der Waals surface area contributed by atoms with Crippen LogP contribution in [0.5, 0.6) is 0 Å². The molecule has 127 valence electrons. The molecule has 2 aromatic heterocycles. The van der Waals surface area contributed by atoms with E-state index in [0.717, 1.165) is 38.4 Å². The first kappa shape index (κ1) is 17.8. The van der Waals surface area contributed by atoms with Crippen molar-refractivity contribution in [3.05, 3.63) is 62.5 Å². The van der Waals surface area contributed by atoms with Gasteiger partial charge in [0.1, 0.15) is 0 Å². The van der Waals surface area contributed by atoms with Crippen molar-refractivity contribution in [1.82, 2.24) is 4.40 Å². The monoisotopic (exact) mass is 560 g/mol. The molecule has 24 heavy (non-hydrogen) atoms. The van der Waals surface area contributed by atoms with E-state index >= 15 is 0 Å². The minimum Gasteiger partial charge on any atom is -0.395 e. The van der Waals surface area contributed by atoms with Gasteiger partial charge in [0.25, 0.3) is 0 Å². The molecule has 0 fully saturated rings. The van der Waals surface area contributed by atoms with Gasteiger partial charge in [0, 0.05) is 20.1 Å². The first-order valence-corrected chi connectivity index (χ1v) is 8.63. The van der Waals surface area contributed by atoms with Gasteiger partial charge in [-0.3, -0.25) is 0 Å². The molecular weight excluding hydrogens is 542 g/mol. The van der Waals surface area contributed by atoms with Crippen LogP contribution in [0.2, 0.25) is 0 Å². The maximum atomic E-state index is 12.9. The van der Waals surface area contributed by atoms with Crippen molar-refractivity contribution in [1.29, 1.82) is 0 Å². The van der Waals surface area contributed by atoms with Crippen molar-refractivity contribution in [3.63, 3.8) is 0 Å². The number of halogens is 1. The van der Waals surface area contributed by atoms with E-state index < -0.39 is 0 Å². The molecule has 2 nitrogen and oxygen atoms in total. The third-order valence-electron chi connectivity index (χ3n) is 4.99. The van der Waals surface area contributed by atoms with Crippen LogP contribution in [0.25, 0.3) is 16.3 Å². The molecule has 0 unspecified atom stereocenters. The molecule has 0 amide bonds. The van der Waals surface area contributed by atoms with Crippen molar-refractivity contribution in [2.45, 2.75) is 44.9 Å². The van der Waals surface area contributed by atoms with Crippen molar-refractivity contribution in [2.24, 2.45) is 0 Å². The minimum absolute atomic E-state index is 0. The van der Waals surface area contributed by atoms with Crippen LogP contribution in [-0.4, -0.2) is 4.40 Å². The number of rotatable bonds is 0. The zero-order valence-corrected chi connectivity index (χ0v) is 18.1. The number of hydrogen-bond donors (Lipinski definition) is 0. The molecule has 4 rings (SSSR count). The summed E-state index contributed by atoms with van der Waals surface area (Å²) in [6, 6.07) is 12.3. The number of nitrogens with zero attached hydrogens (tertiary/aromatic N) is 1. The van der Waals surface area contributed by atoms with Crippen molar-refractivity contribution < 1.29 is 20.1 Å². The van der Waals surface area contributed by atoms with Crippen LogP contribution in [0.1, 0.15) is 45.4 Å². The number of benzene rings is 1. The normalized spacial score (nSPS) is 17.7. The van der Waals surface area contributed by atoms with Crippen LogP contribution in [-0.2, 0) is 30.9 Å². The van der Waals surface area contributed by atoms with Gasteiger partial charge in [-0.1, -0.05) is 59.7 Å². The molecular formula is C20H18BrIrNO-2. The Bertz CT molecular complexity index is 1030. The van der Waals surface area contributed by atoms with Crippen molar-refractivity contribution >= 4 is 32.2 Å². The van der Waals surface area contributed by atoms with Crippen molar-refractivity contribution in [3.8, 4) is 0 Å². The summed E-state index contributed by atoms with van der Waals surface area (Å²) in [5.41, 5.74) is 2.71. The van der Waals surface area contributed by atoms with E-state index in [0.29, 0.717) is 0 Å². The molecule has 2 heterocycles. The summed E-state index contributed by atoms with van der Waals surface area (Å²) >= 11 is 3.58. The average molecular weight is 560 g/mol. The van der Waals surface area contributed by atoms with Crippen LogP contribution in [0.4, 0.5) is 0 Å². The quantitative estimate of drug-likeness (QED) is 0.287. The Kier molecular flexibility index (Phi) is 4.11. The second-order valence-corrected chi connectivity index (χ2v) is 8.63. The Morgan fingerprint density at radius 2 is 1.88 bits per heavy atom. The summed E-state index contributed by atoms with van der Waals surface area (Å²) < 4.78 is 3.16. The summed E-state index contributed by atoms with van der Waals surface area (Å²) in [6.45, 7) is 8.76. The van der Waals surface area contributed by atoms with E-state index in [1.54, 1.807) is 0 Å². The van der Waals surface area contributed by atoms with E-state index in [1.165, 1.54) is 0 Å². The molecule has 0 bridgehead atoms. The van der Waals surface area contributed by atoms with Gasteiger partial charge in [0.05, 0.1) is 5.43 Å². The second-order valence-electron chi connectivity index (χ2n) is 7.77. The Balaban J connectivity index is 0.00000169. The van der Waals surface area contributed by atoms with Gasteiger partial charge in [-0.25, -0.2) is 11.5 Å². The van der Waals surface area contributed by atoms with E-state index in [-0.39, 0.29) is 36.4 Å². The topological polar surface area (TPSA) is 21.5 Å². The van der Waals surface area contributed by atoms with Gasteiger partial charge >= 0.3 is 0 Å². The number of fused-ring (bicyclic) bond motifs is 5. The molecule has 0 saturated carbocycles. The molecule has 0 atom stereocenters. The van der Waals surface area contributed by atoms with Crippen LogP contribution >= 0.6 is 15.9 Å². The van der Waals surface area contributed by atoms with Gasteiger partial charge < -0.3 is 9.20 Å². The standard InChI is InChI=1S/C20H18BrNO.Ir/c1-19(2)11-20(3,4)18-17(19)16(23)10-15-13-6-5-7-14(21)12(13)8-9-22(15)18;/h5,7-9H,11H2,1-4H3;/q-2;. The predicted octanol–water partition coefficient (Wildman–Crippen LogP) is 4.77. The molecule has 1 aliphatic carbocycles. The van der Waals surface area contributed by atoms with Crippen LogP contribution in [0.15, 0.2) is 33.7 Å². The van der Waals surface area contributed by atoms with Gasteiger partial charge in [-0.05, 0) is 29.1 Å². The third kappa shape index (κ3) is 2.34. The molecule has 1 aromatic carbocycles. The fourth-order valence-electron chi connectivity index (χ4n) is 4.46. The van der Waals surface area contributed by atoms with E-state index in [1.807, 2.05) is 12.1 Å². The molecule has 0 aliphatic heterocycles. The Morgan fingerprint density at radius 3 is 2.58 bits per heavy atom. The number of hydrogen-bond acceptors (Lipinski definition) is 1. The van der Waals surface area contributed by atoms with Crippen LogP contribution in [0, 0.1) is 12.1 Å². The summed E-state index contributed by atoms with van der Waals surface area (Å²) in [4.78, 5) is 12.9. The molecule has 0 saturated heterocycles. The van der Waals surface area contributed by atoms with Gasteiger partial charge in [-0.15, -0.1) is 17.0 Å². The largest absolute Gasteiger partial charge is 0.395 e. The molecule has 1 radical (unpaired) electrons. The zero-order valence-electron chi connectivity index (χ0n) is 14.1. The summed E-state index contributed by atoms with van der Waals surface area (Å²) in [5, 5.41) is 1.99. The Hall–Kier alpha value is -0.961. The Labute approximate surface area is 163 Å². The fraction of sp³-hybridized carbons (Fsp3) is 0.350. The van der Waals surface area contributed by atoms with E-state index in [9.17, 15) is 4.79 Å². The van der Waals surface area contributed by atoms with Crippen LogP contribution in [0.3, 0.4) is 0 Å². The number of pyridine rings is 2. The van der Waals surface area contributed by atoms with Crippen molar-refractivity contribution in [2.75, 3.05) is 0 Å². The molecule has 4 heteroatoms. The molecule has 3 aromatic rings. The minimum atomic E-state index is -0.121. The number of aromatic nitrogens is 1. The first-order chi connectivity index (χ1) is 10.7. The van der Waals surface area contributed by atoms with E-state index in [4.69, 9.17) is 0 Å². The second kappa shape index (κ2) is 5.52. The molecule has 1 aliphatic rings. The zero-order chi connectivity index (χ0) is 16.6. The fourth-order valence-corrected chi connectivity index (χ4v) is 4.93. The predicted molar refractivity (Wildman–Crippen MR) is 97.2 cm³/mol. The maximum Gasteiger partial charge on any atom is 0.0661 e. The maximum absolute atomic E-state index is 12.9. The Morgan fingerprint density at radius 1 is 1.17 bits per heavy atom. The summed E-state index contributed by atoms with van der Waals surface area (Å²) in [7, 11) is 0. The first-order valence-electron chi connectivity index (χ1n) is 7.84. The SMILES string of the molecule is CC1(C)CC(C)(C)c2c1c(=O)[c-]c1c3[c-]ccc(Br)c3ccn21.[Ir]. The molecule has 0 spiro atoms. The summed E-state index contributed by atoms with van der Waals surface area (Å²) in [6.07, 6.45) is 3.03. The smallest absolute Gasteiger partial charge is 0.0661 e. The molecule has 0 N–H and O–H groups in total. The average Bonchev–Trinajstić information content (AvgIpc) is 2.65. The third-order valence-corrected chi connectivity index (χ3v) is 5.68. The van der Waals surface area contributed by atoms with Gasteiger partial charge in [0.2, 0.25) is 0 Å².